The Morgan fingerprint density at radius 1 is 1.07 bits per heavy atom. The number of rotatable bonds is 2. The third kappa shape index (κ3) is 2.31. The summed E-state index contributed by atoms with van der Waals surface area (Å²) in [5.74, 6) is 0.973. The van der Waals surface area contributed by atoms with E-state index in [0.29, 0.717) is 5.41 Å². The molecule has 1 nitrogen and oxygen atoms in total. The van der Waals surface area contributed by atoms with Crippen LogP contribution in [-0.4, -0.2) is 5.54 Å². The van der Waals surface area contributed by atoms with Crippen molar-refractivity contribution < 1.29 is 0 Å². The fraction of sp³-hybridized carbons (Fsp3) is 1.00. The van der Waals surface area contributed by atoms with Gasteiger partial charge in [0.05, 0.1) is 0 Å². The van der Waals surface area contributed by atoms with E-state index >= 15 is 0 Å². The van der Waals surface area contributed by atoms with Gasteiger partial charge in [0.15, 0.2) is 0 Å². The highest BCUT2D eigenvalue weighted by molar-refractivity contribution is 4.95. The number of nitrogens with two attached hydrogens (primary N) is 1. The van der Waals surface area contributed by atoms with Crippen LogP contribution >= 0.6 is 0 Å². The Hall–Kier alpha value is -0.0400. The van der Waals surface area contributed by atoms with Gasteiger partial charge >= 0.3 is 0 Å². The minimum absolute atomic E-state index is 0.209. The standard InChI is InChI=1S/C13H25N/c1-12(2)6-8-13(14,9-7-12)10-11-4-3-5-11/h11H,3-10,14H2,1-2H3. The predicted octanol–water partition coefficient (Wildman–Crippen LogP) is 3.47. The largest absolute Gasteiger partial charge is 0.325 e. The van der Waals surface area contributed by atoms with Gasteiger partial charge in [0, 0.05) is 5.54 Å². The minimum atomic E-state index is 0.209. The maximum atomic E-state index is 6.49. The Kier molecular flexibility index (Phi) is 2.63. The van der Waals surface area contributed by atoms with E-state index in [1.165, 1.54) is 51.4 Å². The first kappa shape index (κ1) is 10.5. The first-order valence-electron chi connectivity index (χ1n) is 6.28. The third-order valence-corrected chi connectivity index (χ3v) is 4.52. The van der Waals surface area contributed by atoms with Crippen LogP contribution in [0.3, 0.4) is 0 Å². The van der Waals surface area contributed by atoms with Crippen molar-refractivity contribution in [3.63, 3.8) is 0 Å². The van der Waals surface area contributed by atoms with E-state index in [-0.39, 0.29) is 5.54 Å². The average molecular weight is 195 g/mol. The summed E-state index contributed by atoms with van der Waals surface area (Å²) < 4.78 is 0. The van der Waals surface area contributed by atoms with Gasteiger partial charge in [-0.1, -0.05) is 33.1 Å². The van der Waals surface area contributed by atoms with Crippen molar-refractivity contribution in [2.75, 3.05) is 0 Å². The lowest BCUT2D eigenvalue weighted by atomic mass is 9.65. The van der Waals surface area contributed by atoms with Crippen LogP contribution in [-0.2, 0) is 0 Å². The molecular weight excluding hydrogens is 170 g/mol. The Morgan fingerprint density at radius 3 is 2.07 bits per heavy atom. The smallest absolute Gasteiger partial charge is 0.0157 e. The van der Waals surface area contributed by atoms with E-state index in [9.17, 15) is 0 Å². The van der Waals surface area contributed by atoms with Crippen molar-refractivity contribution in [3.8, 4) is 0 Å². The van der Waals surface area contributed by atoms with Crippen LogP contribution in [0.25, 0.3) is 0 Å². The summed E-state index contributed by atoms with van der Waals surface area (Å²) in [6.45, 7) is 4.77. The molecule has 1 heteroatoms. The van der Waals surface area contributed by atoms with Gasteiger partial charge in [-0.05, 0) is 43.4 Å². The molecule has 0 saturated heterocycles. The molecule has 0 amide bonds. The number of hydrogen-bond donors (Lipinski definition) is 1. The maximum absolute atomic E-state index is 6.49. The van der Waals surface area contributed by atoms with E-state index in [1.807, 2.05) is 0 Å². The molecule has 2 aliphatic rings. The van der Waals surface area contributed by atoms with Gasteiger partial charge in [0.25, 0.3) is 0 Å². The fourth-order valence-electron chi connectivity index (χ4n) is 2.90. The normalized spacial score (nSPS) is 31.1. The molecule has 14 heavy (non-hydrogen) atoms. The molecule has 0 aromatic rings. The summed E-state index contributed by atoms with van der Waals surface area (Å²) in [5, 5.41) is 0. The highest BCUT2D eigenvalue weighted by Gasteiger charge is 2.37. The second-order valence-corrected chi connectivity index (χ2v) is 6.53. The molecule has 0 unspecified atom stereocenters. The second kappa shape index (κ2) is 3.52. The number of hydrogen-bond acceptors (Lipinski definition) is 1. The van der Waals surface area contributed by atoms with Crippen molar-refractivity contribution in [1.82, 2.24) is 0 Å². The van der Waals surface area contributed by atoms with Crippen molar-refractivity contribution in [3.05, 3.63) is 0 Å². The van der Waals surface area contributed by atoms with Gasteiger partial charge in [0.2, 0.25) is 0 Å². The van der Waals surface area contributed by atoms with Crippen molar-refractivity contribution in [2.24, 2.45) is 17.1 Å². The summed E-state index contributed by atoms with van der Waals surface area (Å²) in [5.41, 5.74) is 7.26. The molecule has 0 aromatic heterocycles. The predicted molar refractivity (Wildman–Crippen MR) is 61.1 cm³/mol. The van der Waals surface area contributed by atoms with Gasteiger partial charge in [0.1, 0.15) is 0 Å². The Morgan fingerprint density at radius 2 is 1.64 bits per heavy atom. The highest BCUT2D eigenvalue weighted by Crippen LogP contribution is 2.44. The lowest BCUT2D eigenvalue weighted by Crippen LogP contribution is -2.47. The summed E-state index contributed by atoms with van der Waals surface area (Å²) in [6.07, 6.45) is 10.8. The molecule has 0 radical (unpaired) electrons. The van der Waals surface area contributed by atoms with Gasteiger partial charge in [-0.3, -0.25) is 0 Å². The first-order chi connectivity index (χ1) is 6.49. The quantitative estimate of drug-likeness (QED) is 0.717. The molecule has 82 valence electrons. The summed E-state index contributed by atoms with van der Waals surface area (Å²) in [6, 6.07) is 0. The molecule has 0 heterocycles. The SMILES string of the molecule is CC1(C)CCC(N)(CC2CCC2)CC1. The molecule has 2 rings (SSSR count). The van der Waals surface area contributed by atoms with Crippen LogP contribution in [0.1, 0.15) is 65.2 Å². The van der Waals surface area contributed by atoms with Gasteiger partial charge in [-0.25, -0.2) is 0 Å². The zero-order valence-corrected chi connectivity index (χ0v) is 9.81. The van der Waals surface area contributed by atoms with Crippen LogP contribution in [0.2, 0.25) is 0 Å². The summed E-state index contributed by atoms with van der Waals surface area (Å²) >= 11 is 0. The zero-order valence-electron chi connectivity index (χ0n) is 9.81. The van der Waals surface area contributed by atoms with Crippen LogP contribution in [0.4, 0.5) is 0 Å². The first-order valence-corrected chi connectivity index (χ1v) is 6.28. The summed E-state index contributed by atoms with van der Waals surface area (Å²) in [7, 11) is 0. The Labute approximate surface area is 88.4 Å². The zero-order chi connectivity index (χ0) is 10.2. The molecule has 2 N–H and O–H groups in total. The molecular formula is C13H25N. The molecule has 0 bridgehead atoms. The van der Waals surface area contributed by atoms with Gasteiger partial charge < -0.3 is 5.73 Å². The van der Waals surface area contributed by atoms with Crippen LogP contribution in [0.5, 0.6) is 0 Å². The Balaban J connectivity index is 1.84. The van der Waals surface area contributed by atoms with Crippen LogP contribution in [0.15, 0.2) is 0 Å². The minimum Gasteiger partial charge on any atom is -0.325 e. The maximum Gasteiger partial charge on any atom is 0.0157 e. The molecule has 2 saturated carbocycles. The molecule has 0 aromatic carbocycles. The average Bonchev–Trinajstić information content (AvgIpc) is 2.05. The third-order valence-electron chi connectivity index (χ3n) is 4.52. The Bertz CT molecular complexity index is 193. The van der Waals surface area contributed by atoms with E-state index in [2.05, 4.69) is 13.8 Å². The van der Waals surface area contributed by atoms with Crippen molar-refractivity contribution in [1.29, 1.82) is 0 Å². The second-order valence-electron chi connectivity index (χ2n) is 6.53. The molecule has 2 aliphatic carbocycles. The van der Waals surface area contributed by atoms with Crippen molar-refractivity contribution in [2.45, 2.75) is 70.8 Å². The van der Waals surface area contributed by atoms with Gasteiger partial charge in [-0.2, -0.15) is 0 Å². The summed E-state index contributed by atoms with van der Waals surface area (Å²) in [4.78, 5) is 0. The van der Waals surface area contributed by atoms with Crippen LogP contribution in [0, 0.1) is 11.3 Å². The highest BCUT2D eigenvalue weighted by atomic mass is 14.8. The van der Waals surface area contributed by atoms with Crippen LogP contribution < -0.4 is 5.73 Å². The van der Waals surface area contributed by atoms with Crippen molar-refractivity contribution >= 4 is 0 Å². The lowest BCUT2D eigenvalue weighted by molar-refractivity contribution is 0.123. The van der Waals surface area contributed by atoms with E-state index in [0.717, 1.165) is 5.92 Å². The fourth-order valence-corrected chi connectivity index (χ4v) is 2.90. The van der Waals surface area contributed by atoms with E-state index in [1.54, 1.807) is 0 Å². The van der Waals surface area contributed by atoms with E-state index in [4.69, 9.17) is 5.73 Å². The lowest BCUT2D eigenvalue weighted by Gasteiger charge is -2.44. The van der Waals surface area contributed by atoms with E-state index < -0.39 is 0 Å². The van der Waals surface area contributed by atoms with Gasteiger partial charge in [-0.15, -0.1) is 0 Å². The molecule has 2 fully saturated rings. The molecule has 0 atom stereocenters. The molecule has 0 spiro atoms. The monoisotopic (exact) mass is 195 g/mol. The topological polar surface area (TPSA) is 26.0 Å². The molecule has 0 aliphatic heterocycles.